The van der Waals surface area contributed by atoms with E-state index in [1.807, 2.05) is 23.1 Å². The van der Waals surface area contributed by atoms with Gasteiger partial charge in [0.25, 0.3) is 5.91 Å². The Morgan fingerprint density at radius 1 is 1.43 bits per heavy atom. The van der Waals surface area contributed by atoms with Gasteiger partial charge < -0.3 is 14.7 Å². The first-order valence-electron chi connectivity index (χ1n) is 6.94. The Bertz CT molecular complexity index is 690. The summed E-state index contributed by atoms with van der Waals surface area (Å²) in [5, 5.41) is 6.47. The van der Waals surface area contributed by atoms with Crippen LogP contribution in [0.15, 0.2) is 47.1 Å². The Morgan fingerprint density at radius 2 is 2.24 bits per heavy atom. The molecule has 0 unspecified atom stereocenters. The molecular weight excluding hydrogens is 266 g/mol. The van der Waals surface area contributed by atoms with Crippen molar-refractivity contribution < 1.29 is 9.32 Å². The zero-order chi connectivity index (χ0) is 14.8. The van der Waals surface area contributed by atoms with E-state index in [2.05, 4.69) is 23.1 Å². The summed E-state index contributed by atoms with van der Waals surface area (Å²) in [5.74, 6) is 0.795. The van der Waals surface area contributed by atoms with Gasteiger partial charge in [-0.2, -0.15) is 0 Å². The van der Waals surface area contributed by atoms with E-state index in [4.69, 9.17) is 4.52 Å². The zero-order valence-electron chi connectivity index (χ0n) is 11.9. The summed E-state index contributed by atoms with van der Waals surface area (Å²) < 4.78 is 4.94. The molecular formula is C16H17N3O2. The number of aromatic nitrogens is 1. The van der Waals surface area contributed by atoms with E-state index in [0.717, 1.165) is 25.1 Å². The highest BCUT2D eigenvalue weighted by Crippen LogP contribution is 2.29. The molecule has 0 atom stereocenters. The number of amides is 1. The van der Waals surface area contributed by atoms with Gasteiger partial charge in [-0.1, -0.05) is 29.9 Å². The van der Waals surface area contributed by atoms with Crippen LogP contribution in [0.3, 0.4) is 0 Å². The van der Waals surface area contributed by atoms with E-state index < -0.39 is 0 Å². The molecule has 0 bridgehead atoms. The molecule has 1 amide bonds. The van der Waals surface area contributed by atoms with Crippen molar-refractivity contribution >= 4 is 17.4 Å². The second kappa shape index (κ2) is 5.44. The van der Waals surface area contributed by atoms with Gasteiger partial charge in [0.05, 0.1) is 0 Å². The fourth-order valence-corrected chi connectivity index (χ4v) is 2.55. The normalized spacial score (nSPS) is 13.7. The molecule has 1 aromatic carbocycles. The summed E-state index contributed by atoms with van der Waals surface area (Å²) in [7, 11) is 0. The SMILES string of the molecule is C=C(C(=O)Nc1cc(C)on1)N1CCCc2ccccc21. The average Bonchev–Trinajstić information content (AvgIpc) is 2.91. The number of carbonyl (C=O) groups is 1. The third-order valence-corrected chi connectivity index (χ3v) is 3.57. The van der Waals surface area contributed by atoms with Crippen LogP contribution in [-0.2, 0) is 11.2 Å². The minimum atomic E-state index is -0.264. The zero-order valence-corrected chi connectivity index (χ0v) is 11.9. The van der Waals surface area contributed by atoms with Gasteiger partial charge in [-0.3, -0.25) is 4.79 Å². The summed E-state index contributed by atoms with van der Waals surface area (Å²) in [5.41, 5.74) is 2.72. The third kappa shape index (κ3) is 2.67. The van der Waals surface area contributed by atoms with Crippen LogP contribution < -0.4 is 10.2 Å². The van der Waals surface area contributed by atoms with E-state index in [9.17, 15) is 4.79 Å². The molecule has 1 aliphatic heterocycles. The highest BCUT2D eigenvalue weighted by molar-refractivity contribution is 6.05. The summed E-state index contributed by atoms with van der Waals surface area (Å²) >= 11 is 0. The molecule has 0 fully saturated rings. The maximum atomic E-state index is 12.3. The molecule has 3 rings (SSSR count). The van der Waals surface area contributed by atoms with Gasteiger partial charge in [-0.15, -0.1) is 0 Å². The van der Waals surface area contributed by atoms with Crippen LogP contribution >= 0.6 is 0 Å². The highest BCUT2D eigenvalue weighted by atomic mass is 16.5. The number of aryl methyl sites for hydroxylation is 2. The number of para-hydroxylation sites is 1. The molecule has 0 radical (unpaired) electrons. The second-order valence-corrected chi connectivity index (χ2v) is 5.11. The molecule has 2 heterocycles. The van der Waals surface area contributed by atoms with Gasteiger partial charge in [0.15, 0.2) is 5.82 Å². The summed E-state index contributed by atoms with van der Waals surface area (Å²) in [4.78, 5) is 14.3. The Hall–Kier alpha value is -2.56. The fraction of sp³-hybridized carbons (Fsp3) is 0.250. The van der Waals surface area contributed by atoms with Crippen molar-refractivity contribution in [3.05, 3.63) is 53.9 Å². The van der Waals surface area contributed by atoms with Crippen molar-refractivity contribution in [2.24, 2.45) is 0 Å². The van der Waals surface area contributed by atoms with Gasteiger partial charge in [0.1, 0.15) is 11.5 Å². The first kappa shape index (κ1) is 13.4. The maximum absolute atomic E-state index is 12.3. The lowest BCUT2D eigenvalue weighted by Gasteiger charge is -2.31. The molecule has 5 nitrogen and oxygen atoms in total. The van der Waals surface area contributed by atoms with E-state index in [0.29, 0.717) is 17.3 Å². The van der Waals surface area contributed by atoms with Crippen LogP contribution in [0.5, 0.6) is 0 Å². The number of nitrogens with one attached hydrogen (secondary N) is 1. The second-order valence-electron chi connectivity index (χ2n) is 5.11. The number of carbonyl (C=O) groups excluding carboxylic acids is 1. The van der Waals surface area contributed by atoms with E-state index in [-0.39, 0.29) is 5.91 Å². The van der Waals surface area contributed by atoms with Gasteiger partial charge in [-0.25, -0.2) is 0 Å². The Balaban J connectivity index is 1.78. The van der Waals surface area contributed by atoms with E-state index in [1.54, 1.807) is 13.0 Å². The maximum Gasteiger partial charge on any atom is 0.272 e. The first-order valence-corrected chi connectivity index (χ1v) is 6.94. The highest BCUT2D eigenvalue weighted by Gasteiger charge is 2.22. The Morgan fingerprint density at radius 3 is 3.00 bits per heavy atom. The van der Waals surface area contributed by atoms with Crippen LogP contribution in [0, 0.1) is 6.92 Å². The third-order valence-electron chi connectivity index (χ3n) is 3.57. The number of rotatable bonds is 3. The van der Waals surface area contributed by atoms with Crippen molar-refractivity contribution in [1.82, 2.24) is 5.16 Å². The molecule has 2 aromatic rings. The molecule has 0 saturated heterocycles. The predicted molar refractivity (Wildman–Crippen MR) is 81.1 cm³/mol. The molecule has 1 N–H and O–H groups in total. The van der Waals surface area contributed by atoms with E-state index in [1.165, 1.54) is 5.56 Å². The Labute approximate surface area is 123 Å². The minimum Gasteiger partial charge on any atom is -0.360 e. The number of hydrogen-bond acceptors (Lipinski definition) is 4. The molecule has 0 aliphatic carbocycles. The topological polar surface area (TPSA) is 58.4 Å². The van der Waals surface area contributed by atoms with Crippen molar-refractivity contribution in [2.45, 2.75) is 19.8 Å². The van der Waals surface area contributed by atoms with E-state index >= 15 is 0 Å². The van der Waals surface area contributed by atoms with Crippen molar-refractivity contribution in [2.75, 3.05) is 16.8 Å². The lowest BCUT2D eigenvalue weighted by molar-refractivity contribution is -0.113. The Kier molecular flexibility index (Phi) is 3.48. The molecule has 0 saturated carbocycles. The number of benzene rings is 1. The monoisotopic (exact) mass is 283 g/mol. The number of hydrogen-bond donors (Lipinski definition) is 1. The smallest absolute Gasteiger partial charge is 0.272 e. The molecule has 0 spiro atoms. The quantitative estimate of drug-likeness (QED) is 0.880. The first-order chi connectivity index (χ1) is 10.1. The largest absolute Gasteiger partial charge is 0.360 e. The van der Waals surface area contributed by atoms with Gasteiger partial charge in [0.2, 0.25) is 0 Å². The van der Waals surface area contributed by atoms with Crippen LogP contribution in [-0.4, -0.2) is 17.6 Å². The van der Waals surface area contributed by atoms with Crippen LogP contribution in [0.25, 0.3) is 0 Å². The molecule has 1 aromatic heterocycles. The van der Waals surface area contributed by atoms with Crippen molar-refractivity contribution in [3.8, 4) is 0 Å². The lowest BCUT2D eigenvalue weighted by Crippen LogP contribution is -2.34. The number of anilines is 2. The van der Waals surface area contributed by atoms with Crippen molar-refractivity contribution in [3.63, 3.8) is 0 Å². The van der Waals surface area contributed by atoms with Gasteiger partial charge in [0, 0.05) is 18.3 Å². The number of nitrogens with zero attached hydrogens (tertiary/aromatic N) is 2. The molecule has 21 heavy (non-hydrogen) atoms. The van der Waals surface area contributed by atoms with Gasteiger partial charge >= 0.3 is 0 Å². The fourth-order valence-electron chi connectivity index (χ4n) is 2.55. The standard InChI is InChI=1S/C16H17N3O2/c1-11-10-15(18-21-11)17-16(20)12(2)19-9-5-7-13-6-3-4-8-14(13)19/h3-4,6,8,10H,2,5,7,9H2,1H3,(H,17,18,20). The van der Waals surface area contributed by atoms with Crippen molar-refractivity contribution in [1.29, 1.82) is 0 Å². The summed E-state index contributed by atoms with van der Waals surface area (Å²) in [6.45, 7) is 6.50. The lowest BCUT2D eigenvalue weighted by atomic mass is 10.0. The van der Waals surface area contributed by atoms with Crippen LogP contribution in [0.4, 0.5) is 11.5 Å². The van der Waals surface area contributed by atoms with Crippen LogP contribution in [0.1, 0.15) is 17.7 Å². The summed E-state index contributed by atoms with van der Waals surface area (Å²) in [6.07, 6.45) is 2.04. The van der Waals surface area contributed by atoms with Crippen LogP contribution in [0.2, 0.25) is 0 Å². The molecule has 108 valence electrons. The molecule has 5 heteroatoms. The minimum absolute atomic E-state index is 0.264. The van der Waals surface area contributed by atoms with Gasteiger partial charge in [-0.05, 0) is 31.4 Å². The molecule has 1 aliphatic rings. The average molecular weight is 283 g/mol. The summed E-state index contributed by atoms with van der Waals surface area (Å²) in [6, 6.07) is 9.78. The predicted octanol–water partition coefficient (Wildman–Crippen LogP) is 2.89. The number of fused-ring (bicyclic) bond motifs is 1.